The van der Waals surface area contributed by atoms with E-state index in [1.165, 1.54) is 5.56 Å². The van der Waals surface area contributed by atoms with E-state index in [0.29, 0.717) is 12.2 Å². The molecule has 0 saturated carbocycles. The molecule has 2 aliphatic rings. The highest BCUT2D eigenvalue weighted by atomic mass is 16.2. The van der Waals surface area contributed by atoms with Crippen LogP contribution in [0.3, 0.4) is 0 Å². The number of Topliss-reactive ketones (excluding diaryl/α,β-unsaturated/α-hetero) is 1. The first-order valence-electron chi connectivity index (χ1n) is 9.34. The molecule has 0 bridgehead atoms. The van der Waals surface area contributed by atoms with Crippen molar-refractivity contribution in [2.24, 2.45) is 0 Å². The van der Waals surface area contributed by atoms with Crippen molar-refractivity contribution in [2.45, 2.75) is 0 Å². The van der Waals surface area contributed by atoms with Gasteiger partial charge in [0.25, 0.3) is 5.78 Å². The van der Waals surface area contributed by atoms with E-state index in [4.69, 9.17) is 0 Å². The molecule has 0 aliphatic carbocycles. The van der Waals surface area contributed by atoms with Crippen LogP contribution in [-0.2, 0) is 4.79 Å². The van der Waals surface area contributed by atoms with Crippen molar-refractivity contribution in [1.82, 2.24) is 9.80 Å². The Morgan fingerprint density at radius 1 is 0.815 bits per heavy atom. The minimum atomic E-state index is -0.413. The van der Waals surface area contributed by atoms with Crippen LogP contribution in [0.15, 0.2) is 60.7 Å². The van der Waals surface area contributed by atoms with E-state index in [2.05, 4.69) is 34.1 Å². The second-order valence-corrected chi connectivity index (χ2v) is 6.95. The lowest BCUT2D eigenvalue weighted by molar-refractivity contribution is -0.114. The molecule has 5 heteroatoms. The van der Waals surface area contributed by atoms with Gasteiger partial charge in [-0.3, -0.25) is 24.3 Å². The van der Waals surface area contributed by atoms with Gasteiger partial charge in [-0.05, 0) is 17.7 Å². The second-order valence-electron chi connectivity index (χ2n) is 6.95. The molecule has 138 valence electrons. The first kappa shape index (κ1) is 17.6. The molecule has 2 aliphatic heterocycles. The number of ketones is 1. The minimum Gasteiger partial charge on any atom is -0.297 e. The van der Waals surface area contributed by atoms with Crippen LogP contribution in [0, 0.1) is 0 Å². The van der Waals surface area contributed by atoms with Crippen LogP contribution in [0.4, 0.5) is 5.69 Å². The predicted octanol–water partition coefficient (Wildman–Crippen LogP) is 2.50. The number of hydrogen-bond acceptors (Lipinski definition) is 4. The number of carbonyl (C=O) groups is 2. The molecule has 4 rings (SSSR count). The van der Waals surface area contributed by atoms with Gasteiger partial charge in [0.05, 0.1) is 17.9 Å². The Kier molecular flexibility index (Phi) is 5.14. The molecule has 2 aromatic rings. The summed E-state index contributed by atoms with van der Waals surface area (Å²) in [5.41, 5.74) is 2.47. The van der Waals surface area contributed by atoms with Gasteiger partial charge in [0.15, 0.2) is 0 Å². The molecule has 2 heterocycles. The van der Waals surface area contributed by atoms with Crippen LogP contribution >= 0.6 is 0 Å². The molecule has 0 unspecified atom stereocenters. The molecule has 0 N–H and O–H groups in total. The summed E-state index contributed by atoms with van der Waals surface area (Å²) in [5.74, 6) is -0.806. The summed E-state index contributed by atoms with van der Waals surface area (Å²) < 4.78 is 0. The highest BCUT2D eigenvalue weighted by Crippen LogP contribution is 2.28. The van der Waals surface area contributed by atoms with Gasteiger partial charge in [-0.15, -0.1) is 0 Å². The van der Waals surface area contributed by atoms with Gasteiger partial charge in [-0.2, -0.15) is 0 Å². The summed E-state index contributed by atoms with van der Waals surface area (Å²) in [6, 6.07) is 17.6. The zero-order chi connectivity index (χ0) is 18.6. The maximum absolute atomic E-state index is 12.3. The van der Waals surface area contributed by atoms with E-state index in [0.717, 1.165) is 38.4 Å². The van der Waals surface area contributed by atoms with E-state index < -0.39 is 11.7 Å². The normalized spacial score (nSPS) is 18.4. The van der Waals surface area contributed by atoms with Crippen LogP contribution < -0.4 is 4.90 Å². The molecule has 0 aromatic heterocycles. The van der Waals surface area contributed by atoms with Crippen molar-refractivity contribution in [2.75, 3.05) is 44.3 Å². The molecule has 1 fully saturated rings. The standard InChI is InChI=1S/C22H23N3O2/c26-21-19-10-4-5-11-20(19)25(22(21)27)17-24-15-13-23(14-16-24)12-6-9-18-7-2-1-3-8-18/h1-11H,12-17H2/b9-6+. The van der Waals surface area contributed by atoms with Gasteiger partial charge in [-0.25, -0.2) is 0 Å². The van der Waals surface area contributed by atoms with Gasteiger partial charge in [0.2, 0.25) is 0 Å². The molecule has 5 nitrogen and oxygen atoms in total. The lowest BCUT2D eigenvalue weighted by Crippen LogP contribution is -2.50. The molecule has 2 aromatic carbocycles. The highest BCUT2D eigenvalue weighted by molar-refractivity contribution is 6.52. The third-order valence-corrected chi connectivity index (χ3v) is 5.16. The number of carbonyl (C=O) groups excluding carboxylic acids is 2. The van der Waals surface area contributed by atoms with Crippen molar-refractivity contribution in [3.63, 3.8) is 0 Å². The number of fused-ring (bicyclic) bond motifs is 1. The summed E-state index contributed by atoms with van der Waals surface area (Å²) in [4.78, 5) is 30.7. The van der Waals surface area contributed by atoms with Gasteiger partial charge >= 0.3 is 5.91 Å². The quantitative estimate of drug-likeness (QED) is 0.768. The molecule has 0 spiro atoms. The van der Waals surface area contributed by atoms with Crippen molar-refractivity contribution < 1.29 is 9.59 Å². The average Bonchev–Trinajstić information content (AvgIpc) is 2.95. The minimum absolute atomic E-state index is 0.393. The number of nitrogens with zero attached hydrogens (tertiary/aromatic N) is 3. The maximum atomic E-state index is 12.3. The van der Waals surface area contributed by atoms with E-state index in [-0.39, 0.29) is 0 Å². The zero-order valence-electron chi connectivity index (χ0n) is 15.3. The van der Waals surface area contributed by atoms with Crippen molar-refractivity contribution >= 4 is 23.5 Å². The number of amides is 1. The Labute approximate surface area is 159 Å². The van der Waals surface area contributed by atoms with E-state index >= 15 is 0 Å². The summed E-state index contributed by atoms with van der Waals surface area (Å²) in [6.07, 6.45) is 4.35. The van der Waals surface area contributed by atoms with Gasteiger partial charge in [-0.1, -0.05) is 54.6 Å². The average molecular weight is 361 g/mol. The summed E-state index contributed by atoms with van der Waals surface area (Å²) in [7, 11) is 0. The Balaban J connectivity index is 1.29. The first-order chi connectivity index (χ1) is 13.2. The number of rotatable bonds is 5. The monoisotopic (exact) mass is 361 g/mol. The maximum Gasteiger partial charge on any atom is 0.300 e. The van der Waals surface area contributed by atoms with Gasteiger partial charge < -0.3 is 0 Å². The zero-order valence-corrected chi connectivity index (χ0v) is 15.3. The fourth-order valence-electron chi connectivity index (χ4n) is 3.60. The van der Waals surface area contributed by atoms with Crippen LogP contribution in [-0.4, -0.2) is 60.9 Å². The topological polar surface area (TPSA) is 43.9 Å². The molecule has 0 atom stereocenters. The third-order valence-electron chi connectivity index (χ3n) is 5.16. The Hall–Kier alpha value is -2.76. The predicted molar refractivity (Wildman–Crippen MR) is 107 cm³/mol. The molecule has 27 heavy (non-hydrogen) atoms. The number of anilines is 1. The van der Waals surface area contributed by atoms with Gasteiger partial charge in [0.1, 0.15) is 0 Å². The largest absolute Gasteiger partial charge is 0.300 e. The van der Waals surface area contributed by atoms with E-state index in [9.17, 15) is 9.59 Å². The smallest absolute Gasteiger partial charge is 0.297 e. The Morgan fingerprint density at radius 3 is 2.26 bits per heavy atom. The van der Waals surface area contributed by atoms with Crippen molar-refractivity contribution in [1.29, 1.82) is 0 Å². The molecular formula is C22H23N3O2. The van der Waals surface area contributed by atoms with Crippen molar-refractivity contribution in [3.8, 4) is 0 Å². The number of piperazine rings is 1. The SMILES string of the molecule is O=C1C(=O)N(CN2CCN(C/C=C/c3ccccc3)CC2)c2ccccc21. The molecule has 1 amide bonds. The number of hydrogen-bond donors (Lipinski definition) is 0. The summed E-state index contributed by atoms with van der Waals surface area (Å²) in [6.45, 7) is 5.09. The number of benzene rings is 2. The first-order valence-corrected chi connectivity index (χ1v) is 9.34. The van der Waals surface area contributed by atoms with E-state index in [1.54, 1.807) is 17.0 Å². The van der Waals surface area contributed by atoms with Crippen LogP contribution in [0.1, 0.15) is 15.9 Å². The van der Waals surface area contributed by atoms with Crippen molar-refractivity contribution in [3.05, 3.63) is 71.8 Å². The third kappa shape index (κ3) is 3.84. The number of para-hydroxylation sites is 1. The van der Waals surface area contributed by atoms with Crippen LogP contribution in [0.5, 0.6) is 0 Å². The Morgan fingerprint density at radius 2 is 1.48 bits per heavy atom. The highest BCUT2D eigenvalue weighted by Gasteiger charge is 2.36. The second kappa shape index (κ2) is 7.86. The Bertz CT molecular complexity index is 855. The molecule has 1 saturated heterocycles. The van der Waals surface area contributed by atoms with E-state index in [1.807, 2.05) is 30.3 Å². The lowest BCUT2D eigenvalue weighted by Gasteiger charge is -2.36. The fourth-order valence-corrected chi connectivity index (χ4v) is 3.60. The van der Waals surface area contributed by atoms with Crippen LogP contribution in [0.25, 0.3) is 6.08 Å². The lowest BCUT2D eigenvalue weighted by atomic mass is 10.1. The fraction of sp³-hybridized carbons (Fsp3) is 0.273. The molecular weight excluding hydrogens is 338 g/mol. The van der Waals surface area contributed by atoms with Gasteiger partial charge in [0, 0.05) is 32.7 Å². The summed E-state index contributed by atoms with van der Waals surface area (Å²) in [5, 5.41) is 0. The van der Waals surface area contributed by atoms with Crippen LogP contribution in [0.2, 0.25) is 0 Å². The molecule has 0 radical (unpaired) electrons. The summed E-state index contributed by atoms with van der Waals surface area (Å²) >= 11 is 0.